The molecule has 1 amide bonds. The van der Waals surface area contributed by atoms with Gasteiger partial charge in [0.15, 0.2) is 0 Å². The summed E-state index contributed by atoms with van der Waals surface area (Å²) >= 11 is 12.5. The minimum atomic E-state index is -0.576. The summed E-state index contributed by atoms with van der Waals surface area (Å²) < 4.78 is 16.2. The van der Waals surface area contributed by atoms with Crippen LogP contribution in [0.2, 0.25) is 10.0 Å². The Kier molecular flexibility index (Phi) is 6.49. The summed E-state index contributed by atoms with van der Waals surface area (Å²) in [5.74, 6) is 0.161. The molecular weight excluding hydrogens is 448 g/mol. The number of carbonyl (C=O) groups excluding carboxylic acids is 1. The molecule has 4 rings (SSSR count). The van der Waals surface area contributed by atoms with E-state index in [0.717, 1.165) is 5.56 Å². The van der Waals surface area contributed by atoms with Crippen molar-refractivity contribution < 1.29 is 9.18 Å². The molecule has 7 heteroatoms. The fraction of sp³-hybridized carbons (Fsp3) is 0.200. The average Bonchev–Trinajstić information content (AvgIpc) is 3.11. The number of fused-ring (bicyclic) bond motifs is 1. The summed E-state index contributed by atoms with van der Waals surface area (Å²) in [4.78, 5) is 19.7. The molecule has 0 spiro atoms. The van der Waals surface area contributed by atoms with E-state index in [1.165, 1.54) is 6.07 Å². The second-order valence-electron chi connectivity index (χ2n) is 7.78. The van der Waals surface area contributed by atoms with Gasteiger partial charge in [0.2, 0.25) is 5.91 Å². The molecule has 164 valence electrons. The van der Waals surface area contributed by atoms with Gasteiger partial charge in [-0.05, 0) is 36.2 Å². The highest BCUT2D eigenvalue weighted by atomic mass is 35.5. The smallest absolute Gasteiger partial charge is 0.245 e. The van der Waals surface area contributed by atoms with E-state index in [1.807, 2.05) is 41.8 Å². The number of imidazole rings is 1. The highest BCUT2D eigenvalue weighted by Crippen LogP contribution is 2.31. The maximum atomic E-state index is 14.4. The Bertz CT molecular complexity index is 1270. The van der Waals surface area contributed by atoms with E-state index in [9.17, 15) is 9.18 Å². The summed E-state index contributed by atoms with van der Waals surface area (Å²) in [5, 5.41) is 0.747. The Morgan fingerprint density at radius 3 is 2.44 bits per heavy atom. The predicted octanol–water partition coefficient (Wildman–Crippen LogP) is 6.29. The van der Waals surface area contributed by atoms with E-state index in [2.05, 4.69) is 4.98 Å². The molecule has 0 saturated heterocycles. The molecule has 32 heavy (non-hydrogen) atoms. The zero-order chi connectivity index (χ0) is 22.8. The zero-order valence-electron chi connectivity index (χ0n) is 17.7. The maximum Gasteiger partial charge on any atom is 0.245 e. The average molecular weight is 470 g/mol. The van der Waals surface area contributed by atoms with Gasteiger partial charge < -0.3 is 9.47 Å². The highest BCUT2D eigenvalue weighted by molar-refractivity contribution is 6.42. The summed E-state index contributed by atoms with van der Waals surface area (Å²) in [6.45, 7) is 2.30. The van der Waals surface area contributed by atoms with E-state index in [-0.39, 0.29) is 18.1 Å². The van der Waals surface area contributed by atoms with Crippen molar-refractivity contribution >= 4 is 40.1 Å². The number of hydrogen-bond acceptors (Lipinski definition) is 2. The van der Waals surface area contributed by atoms with Crippen molar-refractivity contribution in [2.75, 3.05) is 7.05 Å². The van der Waals surface area contributed by atoms with Gasteiger partial charge in [-0.15, -0.1) is 0 Å². The molecule has 0 N–H and O–H groups in total. The van der Waals surface area contributed by atoms with Crippen LogP contribution in [-0.4, -0.2) is 27.4 Å². The third-order valence-corrected chi connectivity index (χ3v) is 6.22. The quantitative estimate of drug-likeness (QED) is 0.332. The molecule has 0 aliphatic heterocycles. The Morgan fingerprint density at radius 2 is 1.72 bits per heavy atom. The maximum absolute atomic E-state index is 14.4. The molecule has 4 aromatic rings. The number of hydrogen-bond donors (Lipinski definition) is 0. The molecule has 3 aromatic carbocycles. The van der Waals surface area contributed by atoms with Gasteiger partial charge in [0, 0.05) is 20.0 Å². The zero-order valence-corrected chi connectivity index (χ0v) is 19.2. The molecule has 1 aromatic heterocycles. The lowest BCUT2D eigenvalue weighted by molar-refractivity contribution is -0.133. The largest absolute Gasteiger partial charge is 0.340 e. The van der Waals surface area contributed by atoms with Gasteiger partial charge in [0.1, 0.15) is 17.7 Å². The van der Waals surface area contributed by atoms with Crippen molar-refractivity contribution in [1.82, 2.24) is 14.5 Å². The Labute approximate surface area is 196 Å². The van der Waals surface area contributed by atoms with E-state index in [0.29, 0.717) is 39.0 Å². The van der Waals surface area contributed by atoms with Crippen molar-refractivity contribution in [3.63, 3.8) is 0 Å². The van der Waals surface area contributed by atoms with Gasteiger partial charge in [0.25, 0.3) is 0 Å². The van der Waals surface area contributed by atoms with Crippen LogP contribution in [0.3, 0.4) is 0 Å². The van der Waals surface area contributed by atoms with E-state index in [1.54, 1.807) is 42.3 Å². The number of halogens is 3. The molecular formula is C25H22Cl2FN3O. The highest BCUT2D eigenvalue weighted by Gasteiger charge is 2.25. The van der Waals surface area contributed by atoms with Crippen LogP contribution in [-0.2, 0) is 17.8 Å². The van der Waals surface area contributed by atoms with Crippen LogP contribution in [0, 0.1) is 5.82 Å². The van der Waals surface area contributed by atoms with E-state index in [4.69, 9.17) is 23.2 Å². The third kappa shape index (κ3) is 4.50. The van der Waals surface area contributed by atoms with Gasteiger partial charge in [-0.2, -0.15) is 0 Å². The molecule has 0 aliphatic carbocycles. The summed E-state index contributed by atoms with van der Waals surface area (Å²) in [6.07, 6.45) is 0.233. The molecule has 0 unspecified atom stereocenters. The third-order valence-electron chi connectivity index (χ3n) is 5.49. The number of benzene rings is 3. The van der Waals surface area contributed by atoms with Crippen molar-refractivity contribution in [3.05, 3.63) is 99.5 Å². The number of aromatic nitrogens is 2. The first-order chi connectivity index (χ1) is 15.3. The molecule has 0 bridgehead atoms. The van der Waals surface area contributed by atoms with Crippen molar-refractivity contribution in [3.8, 4) is 0 Å². The van der Waals surface area contributed by atoms with Crippen LogP contribution in [0.4, 0.5) is 4.39 Å². The Hall–Kier alpha value is -2.89. The Balaban J connectivity index is 1.74. The number of carbonyl (C=O) groups is 1. The number of rotatable bonds is 6. The fourth-order valence-corrected chi connectivity index (χ4v) is 4.19. The van der Waals surface area contributed by atoms with Crippen LogP contribution >= 0.6 is 23.2 Å². The van der Waals surface area contributed by atoms with E-state index >= 15 is 0 Å². The van der Waals surface area contributed by atoms with Gasteiger partial charge in [-0.1, -0.05) is 71.7 Å². The van der Waals surface area contributed by atoms with Crippen LogP contribution < -0.4 is 0 Å². The molecule has 0 radical (unpaired) electrons. The first kappa shape index (κ1) is 22.3. The van der Waals surface area contributed by atoms with Crippen LogP contribution in [0.15, 0.2) is 66.7 Å². The van der Waals surface area contributed by atoms with Gasteiger partial charge in [0.05, 0.1) is 21.1 Å². The monoisotopic (exact) mass is 469 g/mol. The van der Waals surface area contributed by atoms with E-state index < -0.39 is 6.04 Å². The molecule has 4 nitrogen and oxygen atoms in total. The van der Waals surface area contributed by atoms with Crippen molar-refractivity contribution in [2.24, 2.45) is 0 Å². The van der Waals surface area contributed by atoms with Gasteiger partial charge in [-0.25, -0.2) is 9.37 Å². The lowest BCUT2D eigenvalue weighted by atomic mass is 10.1. The summed E-state index contributed by atoms with van der Waals surface area (Å²) in [7, 11) is 1.77. The van der Waals surface area contributed by atoms with Crippen LogP contribution in [0.25, 0.3) is 11.0 Å². The lowest BCUT2D eigenvalue weighted by Gasteiger charge is -2.24. The first-order valence-corrected chi connectivity index (χ1v) is 11.0. The van der Waals surface area contributed by atoms with Gasteiger partial charge in [-0.3, -0.25) is 4.79 Å². The SMILES string of the molecule is C[C@@H](C(=O)N(C)Cc1ccccc1)n1c(Cc2ccccc2F)nc2cc(Cl)c(Cl)cc21. The van der Waals surface area contributed by atoms with Crippen LogP contribution in [0.5, 0.6) is 0 Å². The normalized spacial score (nSPS) is 12.2. The van der Waals surface area contributed by atoms with Crippen molar-refractivity contribution in [2.45, 2.75) is 25.9 Å². The molecule has 1 atom stereocenters. The lowest BCUT2D eigenvalue weighted by Crippen LogP contribution is -2.33. The van der Waals surface area contributed by atoms with Gasteiger partial charge >= 0.3 is 0 Å². The standard InChI is InChI=1S/C25H22Cl2FN3O/c1-16(25(32)30(2)15-17-8-4-3-5-9-17)31-23-14-20(27)19(26)13-22(23)29-24(31)12-18-10-6-7-11-21(18)28/h3-11,13-14,16H,12,15H2,1-2H3/t16-/m0/s1. The summed E-state index contributed by atoms with van der Waals surface area (Å²) in [5.41, 5.74) is 2.82. The first-order valence-electron chi connectivity index (χ1n) is 10.2. The molecule has 0 saturated carbocycles. The number of amides is 1. The van der Waals surface area contributed by atoms with Crippen LogP contribution in [0.1, 0.15) is 29.9 Å². The molecule has 1 heterocycles. The predicted molar refractivity (Wildman–Crippen MR) is 127 cm³/mol. The molecule has 0 aliphatic rings. The Morgan fingerprint density at radius 1 is 1.06 bits per heavy atom. The second-order valence-corrected chi connectivity index (χ2v) is 8.59. The minimum absolute atomic E-state index is 0.0889. The minimum Gasteiger partial charge on any atom is -0.340 e. The fourth-order valence-electron chi connectivity index (χ4n) is 3.87. The van der Waals surface area contributed by atoms with Crippen molar-refractivity contribution in [1.29, 1.82) is 0 Å². The number of nitrogens with zero attached hydrogens (tertiary/aromatic N) is 3. The summed E-state index contributed by atoms with van der Waals surface area (Å²) in [6, 6.07) is 19.1. The number of likely N-dealkylation sites (N-methyl/N-ethyl adjacent to an activating group) is 1. The second kappa shape index (κ2) is 9.31. The molecule has 0 fully saturated rings. The topological polar surface area (TPSA) is 38.1 Å².